The summed E-state index contributed by atoms with van der Waals surface area (Å²) in [4.78, 5) is 17.0. The highest BCUT2D eigenvalue weighted by Gasteiger charge is 2.66. The van der Waals surface area contributed by atoms with E-state index >= 15 is 0 Å². The molecule has 4 nitrogen and oxygen atoms in total. The molecule has 0 unspecified atom stereocenters. The second-order valence-electron chi connectivity index (χ2n) is 7.71. The quantitative estimate of drug-likeness (QED) is 0.792. The number of rotatable bonds is 6. The number of amides is 1. The summed E-state index contributed by atoms with van der Waals surface area (Å²) in [6, 6.07) is 10.3. The Hall–Kier alpha value is -2.36. The van der Waals surface area contributed by atoms with Gasteiger partial charge in [-0.2, -0.15) is 0 Å². The lowest BCUT2D eigenvalue weighted by molar-refractivity contribution is -0.124. The molecule has 1 aromatic heterocycles. The van der Waals surface area contributed by atoms with Gasteiger partial charge in [0.1, 0.15) is 0 Å². The van der Waals surface area contributed by atoms with Crippen LogP contribution in [0.5, 0.6) is 0 Å². The van der Waals surface area contributed by atoms with E-state index in [-0.39, 0.29) is 11.3 Å². The maximum Gasteiger partial charge on any atom is 0.231 e. The molecule has 1 heterocycles. The number of aromatic nitrogens is 1. The van der Waals surface area contributed by atoms with E-state index in [1.165, 1.54) is 5.56 Å². The van der Waals surface area contributed by atoms with E-state index in [1.54, 1.807) is 6.20 Å². The summed E-state index contributed by atoms with van der Waals surface area (Å²) in [6.07, 6.45) is 4.50. The van der Waals surface area contributed by atoms with Gasteiger partial charge in [0.05, 0.1) is 5.41 Å². The van der Waals surface area contributed by atoms with E-state index in [4.69, 9.17) is 0 Å². The maximum absolute atomic E-state index is 13.0. The van der Waals surface area contributed by atoms with E-state index in [0.717, 1.165) is 23.2 Å². The molecule has 1 amide bonds. The van der Waals surface area contributed by atoms with Crippen LogP contribution in [0.25, 0.3) is 0 Å². The minimum absolute atomic E-state index is 0.00145. The number of aryl methyl sites for hydroxylation is 2. The predicted octanol–water partition coefficient (Wildman–Crippen LogP) is 3.59. The molecule has 0 aliphatic heterocycles. The highest BCUT2D eigenvalue weighted by Crippen LogP contribution is 2.64. The lowest BCUT2D eigenvalue weighted by Gasteiger charge is -2.21. The van der Waals surface area contributed by atoms with Gasteiger partial charge in [0.25, 0.3) is 0 Å². The predicted molar refractivity (Wildman–Crippen MR) is 102 cm³/mol. The van der Waals surface area contributed by atoms with E-state index in [0.29, 0.717) is 13.1 Å². The Morgan fingerprint density at radius 1 is 1.12 bits per heavy atom. The lowest BCUT2D eigenvalue weighted by atomic mass is 9.86. The number of benzene rings is 1. The fourth-order valence-electron chi connectivity index (χ4n) is 3.66. The summed E-state index contributed by atoms with van der Waals surface area (Å²) < 4.78 is 0. The van der Waals surface area contributed by atoms with Gasteiger partial charge in [-0.15, -0.1) is 0 Å². The fourth-order valence-corrected chi connectivity index (χ4v) is 3.66. The minimum atomic E-state index is -0.396. The summed E-state index contributed by atoms with van der Waals surface area (Å²) in [5.41, 5.74) is 4.11. The van der Waals surface area contributed by atoms with Crippen LogP contribution in [0.1, 0.15) is 37.0 Å². The second-order valence-corrected chi connectivity index (χ2v) is 7.71. The first-order valence-corrected chi connectivity index (χ1v) is 8.87. The van der Waals surface area contributed by atoms with Crippen LogP contribution in [0.2, 0.25) is 0 Å². The van der Waals surface area contributed by atoms with Crippen LogP contribution in [-0.4, -0.2) is 24.0 Å². The Labute approximate surface area is 150 Å². The number of anilines is 1. The standard InChI is InChI=1S/C21H27N3O/c1-15-5-7-17(8-6-15)21(14-20(21,3)4)19(25)24-12-11-23-18-9-10-22-13-16(18)2/h5-10,13H,11-12,14H2,1-4H3,(H,22,23)(H,24,25)/t21-/m0/s1. The number of carbonyl (C=O) groups excluding carboxylic acids is 1. The zero-order valence-corrected chi connectivity index (χ0v) is 15.5. The number of carbonyl (C=O) groups is 1. The van der Waals surface area contributed by atoms with Crippen molar-refractivity contribution >= 4 is 11.6 Å². The van der Waals surface area contributed by atoms with Crippen molar-refractivity contribution in [2.75, 3.05) is 18.4 Å². The van der Waals surface area contributed by atoms with Gasteiger partial charge >= 0.3 is 0 Å². The van der Waals surface area contributed by atoms with Crippen molar-refractivity contribution in [1.82, 2.24) is 10.3 Å². The molecule has 4 heteroatoms. The largest absolute Gasteiger partial charge is 0.383 e. The average Bonchev–Trinajstić information content (AvgIpc) is 3.17. The summed E-state index contributed by atoms with van der Waals surface area (Å²) in [6.45, 7) is 9.73. The van der Waals surface area contributed by atoms with Crippen LogP contribution in [-0.2, 0) is 10.2 Å². The molecule has 1 fully saturated rings. The smallest absolute Gasteiger partial charge is 0.231 e. The average molecular weight is 337 g/mol. The second kappa shape index (κ2) is 6.51. The molecule has 0 spiro atoms. The van der Waals surface area contributed by atoms with Crippen LogP contribution in [0, 0.1) is 19.3 Å². The first-order chi connectivity index (χ1) is 11.9. The van der Waals surface area contributed by atoms with Crippen molar-refractivity contribution < 1.29 is 4.79 Å². The van der Waals surface area contributed by atoms with Gasteiger partial charge in [0.2, 0.25) is 5.91 Å². The molecule has 0 saturated heterocycles. The third-order valence-electron chi connectivity index (χ3n) is 5.42. The molecule has 2 aromatic rings. The van der Waals surface area contributed by atoms with Gasteiger partial charge < -0.3 is 10.6 Å². The Balaban J connectivity index is 1.61. The van der Waals surface area contributed by atoms with Crippen LogP contribution in [0.3, 0.4) is 0 Å². The van der Waals surface area contributed by atoms with Gasteiger partial charge in [-0.05, 0) is 42.9 Å². The van der Waals surface area contributed by atoms with Gasteiger partial charge in [0, 0.05) is 31.2 Å². The van der Waals surface area contributed by atoms with Gasteiger partial charge in [-0.1, -0.05) is 43.7 Å². The molecule has 3 rings (SSSR count). The van der Waals surface area contributed by atoms with Crippen molar-refractivity contribution in [1.29, 1.82) is 0 Å². The SMILES string of the molecule is Cc1ccc([C@]2(C(=O)NCCNc3ccncc3C)CC2(C)C)cc1. The van der Waals surface area contributed by atoms with Crippen molar-refractivity contribution in [3.8, 4) is 0 Å². The Kier molecular flexibility index (Phi) is 4.55. The molecule has 0 bridgehead atoms. The van der Waals surface area contributed by atoms with E-state index in [9.17, 15) is 4.79 Å². The fraction of sp³-hybridized carbons (Fsp3) is 0.429. The molecule has 1 aliphatic rings. The maximum atomic E-state index is 13.0. The number of pyridine rings is 1. The zero-order valence-electron chi connectivity index (χ0n) is 15.5. The van der Waals surface area contributed by atoms with Crippen molar-refractivity contribution in [3.05, 3.63) is 59.4 Å². The van der Waals surface area contributed by atoms with Crippen molar-refractivity contribution in [3.63, 3.8) is 0 Å². The highest BCUT2D eigenvalue weighted by molar-refractivity contribution is 5.93. The normalized spacial score (nSPS) is 20.8. The van der Waals surface area contributed by atoms with Crippen LogP contribution in [0.15, 0.2) is 42.7 Å². The highest BCUT2D eigenvalue weighted by atomic mass is 16.2. The van der Waals surface area contributed by atoms with Gasteiger partial charge in [0.15, 0.2) is 0 Å². The molecule has 1 aliphatic carbocycles. The molecular weight excluding hydrogens is 310 g/mol. The molecule has 1 saturated carbocycles. The number of nitrogens with zero attached hydrogens (tertiary/aromatic N) is 1. The topological polar surface area (TPSA) is 54.0 Å². The van der Waals surface area contributed by atoms with E-state index < -0.39 is 5.41 Å². The van der Waals surface area contributed by atoms with Crippen molar-refractivity contribution in [2.24, 2.45) is 5.41 Å². The van der Waals surface area contributed by atoms with E-state index in [1.807, 2.05) is 19.2 Å². The van der Waals surface area contributed by atoms with Gasteiger partial charge in [-0.3, -0.25) is 9.78 Å². The first kappa shape index (κ1) is 17.5. The van der Waals surface area contributed by atoms with Crippen LogP contribution in [0.4, 0.5) is 5.69 Å². The van der Waals surface area contributed by atoms with Crippen LogP contribution < -0.4 is 10.6 Å². The van der Waals surface area contributed by atoms with E-state index in [2.05, 4.69) is 60.7 Å². The third-order valence-corrected chi connectivity index (χ3v) is 5.42. The monoisotopic (exact) mass is 337 g/mol. The number of hydrogen-bond acceptors (Lipinski definition) is 3. The molecule has 0 radical (unpaired) electrons. The minimum Gasteiger partial charge on any atom is -0.383 e. The van der Waals surface area contributed by atoms with Gasteiger partial charge in [-0.25, -0.2) is 0 Å². The molecule has 25 heavy (non-hydrogen) atoms. The van der Waals surface area contributed by atoms with Crippen LogP contribution >= 0.6 is 0 Å². The molecule has 1 aromatic carbocycles. The summed E-state index contributed by atoms with van der Waals surface area (Å²) in [7, 11) is 0. The molecular formula is C21H27N3O. The molecule has 1 atom stereocenters. The number of hydrogen-bond donors (Lipinski definition) is 2. The summed E-state index contributed by atoms with van der Waals surface area (Å²) in [5, 5.41) is 6.48. The third kappa shape index (κ3) is 3.26. The lowest BCUT2D eigenvalue weighted by Crippen LogP contribution is -2.39. The Morgan fingerprint density at radius 3 is 2.40 bits per heavy atom. The Bertz CT molecular complexity index is 767. The summed E-state index contributed by atoms with van der Waals surface area (Å²) in [5.74, 6) is 0.134. The summed E-state index contributed by atoms with van der Waals surface area (Å²) >= 11 is 0. The molecule has 2 N–H and O–H groups in total. The first-order valence-electron chi connectivity index (χ1n) is 8.87. The Morgan fingerprint density at radius 2 is 1.80 bits per heavy atom. The van der Waals surface area contributed by atoms with Crippen molar-refractivity contribution in [2.45, 2.75) is 39.5 Å². The molecule has 132 valence electrons. The number of nitrogens with one attached hydrogen (secondary N) is 2. The zero-order chi connectivity index (χ0) is 18.1.